The molecule has 86 valence electrons. The van der Waals surface area contributed by atoms with Crippen molar-refractivity contribution in [1.82, 2.24) is 5.43 Å². The third-order valence-electron chi connectivity index (χ3n) is 2.16. The Labute approximate surface area is 95.3 Å². The van der Waals surface area contributed by atoms with Crippen LogP contribution in [0.2, 0.25) is 0 Å². The van der Waals surface area contributed by atoms with Crippen LogP contribution in [0.25, 0.3) is 0 Å². The highest BCUT2D eigenvalue weighted by Gasteiger charge is 1.97. The first-order chi connectivity index (χ1) is 7.63. The maximum atomic E-state index is 10.7. The molecule has 1 N–H and O–H groups in total. The van der Waals surface area contributed by atoms with Gasteiger partial charge in [0, 0.05) is 0 Å². The van der Waals surface area contributed by atoms with Gasteiger partial charge in [0.25, 0.3) is 0 Å². The van der Waals surface area contributed by atoms with E-state index in [1.165, 1.54) is 12.7 Å². The van der Waals surface area contributed by atoms with Crippen LogP contribution in [0.15, 0.2) is 29.4 Å². The third kappa shape index (κ3) is 3.73. The molecule has 0 atom stereocenters. The fourth-order valence-corrected chi connectivity index (χ4v) is 1.17. The number of rotatable bonds is 3. The summed E-state index contributed by atoms with van der Waals surface area (Å²) in [5.41, 5.74) is 4.43. The highest BCUT2D eigenvalue weighted by atomic mass is 16.5. The number of amides is 1. The Morgan fingerprint density at radius 1 is 1.38 bits per heavy atom. The Balaban J connectivity index is 2.58. The van der Waals surface area contributed by atoms with Gasteiger partial charge in [-0.3, -0.25) is 0 Å². The van der Waals surface area contributed by atoms with Crippen molar-refractivity contribution >= 4 is 12.3 Å². The lowest BCUT2D eigenvalue weighted by molar-refractivity contribution is 0.171. The second kappa shape index (κ2) is 5.90. The molecule has 16 heavy (non-hydrogen) atoms. The maximum Gasteiger partial charge on any atom is 0.427 e. The van der Waals surface area contributed by atoms with Crippen LogP contribution in [0.1, 0.15) is 30.9 Å². The van der Waals surface area contributed by atoms with E-state index in [9.17, 15) is 4.79 Å². The highest BCUT2D eigenvalue weighted by Crippen LogP contribution is 2.13. The minimum Gasteiger partial charge on any atom is -0.452 e. The quantitative estimate of drug-likeness (QED) is 0.628. The number of carbonyl (C=O) groups excluding carboxylic acids is 1. The molecule has 0 radical (unpaired) electrons. The summed E-state index contributed by atoms with van der Waals surface area (Å²) in [4.78, 5) is 10.7. The monoisotopic (exact) mass is 220 g/mol. The van der Waals surface area contributed by atoms with E-state index in [0.29, 0.717) is 5.92 Å². The van der Waals surface area contributed by atoms with E-state index in [1.54, 1.807) is 6.21 Å². The Morgan fingerprint density at radius 3 is 2.50 bits per heavy atom. The molecule has 1 amide bonds. The van der Waals surface area contributed by atoms with E-state index in [2.05, 4.69) is 29.1 Å². The topological polar surface area (TPSA) is 50.7 Å². The van der Waals surface area contributed by atoms with Gasteiger partial charge < -0.3 is 4.74 Å². The van der Waals surface area contributed by atoms with E-state index in [-0.39, 0.29) is 0 Å². The van der Waals surface area contributed by atoms with Crippen molar-refractivity contribution in [2.75, 3.05) is 7.11 Å². The minimum absolute atomic E-state index is 0.513. The van der Waals surface area contributed by atoms with Gasteiger partial charge in [0.15, 0.2) is 0 Å². The normalized spacial score (nSPS) is 10.8. The number of hydrazone groups is 1. The van der Waals surface area contributed by atoms with Crippen LogP contribution >= 0.6 is 0 Å². The molecule has 0 aliphatic heterocycles. The van der Waals surface area contributed by atoms with Crippen LogP contribution in [-0.4, -0.2) is 19.4 Å². The lowest BCUT2D eigenvalue weighted by atomic mass is 10.0. The Kier molecular flexibility index (Phi) is 4.51. The Bertz CT molecular complexity index is 369. The SMILES string of the molecule is COC(=O)N/N=C/c1ccc(C(C)C)cc1. The highest BCUT2D eigenvalue weighted by molar-refractivity contribution is 5.80. The first kappa shape index (κ1) is 12.2. The molecule has 0 saturated carbocycles. The van der Waals surface area contributed by atoms with Crippen molar-refractivity contribution in [3.05, 3.63) is 35.4 Å². The van der Waals surface area contributed by atoms with E-state index in [0.717, 1.165) is 5.56 Å². The van der Waals surface area contributed by atoms with Gasteiger partial charge in [0.2, 0.25) is 0 Å². The maximum absolute atomic E-state index is 10.7. The number of hydrogen-bond acceptors (Lipinski definition) is 3. The molecule has 4 nitrogen and oxygen atoms in total. The number of ether oxygens (including phenoxy) is 1. The van der Waals surface area contributed by atoms with Crippen molar-refractivity contribution in [1.29, 1.82) is 0 Å². The van der Waals surface area contributed by atoms with Crippen molar-refractivity contribution in [3.63, 3.8) is 0 Å². The minimum atomic E-state index is -0.574. The second-order valence-corrected chi connectivity index (χ2v) is 3.68. The molecule has 4 heteroatoms. The lowest BCUT2D eigenvalue weighted by Crippen LogP contribution is -2.16. The summed E-state index contributed by atoms with van der Waals surface area (Å²) in [6.07, 6.45) is 0.996. The molecule has 0 saturated heterocycles. The molecule has 0 bridgehead atoms. The molecule has 0 unspecified atom stereocenters. The summed E-state index contributed by atoms with van der Waals surface area (Å²) in [6.45, 7) is 4.28. The molecular weight excluding hydrogens is 204 g/mol. The van der Waals surface area contributed by atoms with Crippen LogP contribution in [0.4, 0.5) is 4.79 Å². The van der Waals surface area contributed by atoms with E-state index < -0.39 is 6.09 Å². The van der Waals surface area contributed by atoms with Gasteiger partial charge in [-0.1, -0.05) is 38.1 Å². The Hall–Kier alpha value is -1.84. The average molecular weight is 220 g/mol. The van der Waals surface area contributed by atoms with Gasteiger partial charge in [0.1, 0.15) is 0 Å². The van der Waals surface area contributed by atoms with Crippen LogP contribution in [0.5, 0.6) is 0 Å². The van der Waals surface area contributed by atoms with Gasteiger partial charge in [0.05, 0.1) is 13.3 Å². The van der Waals surface area contributed by atoms with Crippen LogP contribution in [0.3, 0.4) is 0 Å². The van der Waals surface area contributed by atoms with Gasteiger partial charge in [-0.15, -0.1) is 0 Å². The van der Waals surface area contributed by atoms with Crippen LogP contribution in [-0.2, 0) is 4.74 Å². The third-order valence-corrected chi connectivity index (χ3v) is 2.16. The summed E-state index contributed by atoms with van der Waals surface area (Å²) in [6, 6.07) is 8.00. The summed E-state index contributed by atoms with van der Waals surface area (Å²) < 4.78 is 4.37. The first-order valence-electron chi connectivity index (χ1n) is 5.10. The predicted molar refractivity (Wildman–Crippen MR) is 63.7 cm³/mol. The van der Waals surface area contributed by atoms with Gasteiger partial charge in [-0.05, 0) is 17.0 Å². The number of benzene rings is 1. The van der Waals surface area contributed by atoms with Gasteiger partial charge >= 0.3 is 6.09 Å². The van der Waals surface area contributed by atoms with Crippen molar-refractivity contribution in [2.45, 2.75) is 19.8 Å². The molecule has 1 aromatic rings. The smallest absolute Gasteiger partial charge is 0.427 e. The van der Waals surface area contributed by atoms with Crippen molar-refractivity contribution in [2.24, 2.45) is 5.10 Å². The van der Waals surface area contributed by atoms with Crippen LogP contribution in [0, 0.1) is 0 Å². The average Bonchev–Trinajstić information content (AvgIpc) is 2.29. The Morgan fingerprint density at radius 2 is 2.00 bits per heavy atom. The number of nitrogens with zero attached hydrogens (tertiary/aromatic N) is 1. The zero-order valence-corrected chi connectivity index (χ0v) is 9.73. The molecule has 0 aromatic heterocycles. The number of nitrogens with one attached hydrogen (secondary N) is 1. The zero-order chi connectivity index (χ0) is 12.0. The molecule has 0 spiro atoms. The summed E-state index contributed by atoms with van der Waals surface area (Å²) in [7, 11) is 1.29. The fourth-order valence-electron chi connectivity index (χ4n) is 1.17. The summed E-state index contributed by atoms with van der Waals surface area (Å²) in [5.74, 6) is 0.513. The van der Waals surface area contributed by atoms with Crippen molar-refractivity contribution < 1.29 is 9.53 Å². The molecule has 0 heterocycles. The van der Waals surface area contributed by atoms with E-state index in [1.807, 2.05) is 24.3 Å². The number of hydrogen-bond donors (Lipinski definition) is 1. The molecule has 1 rings (SSSR count). The zero-order valence-electron chi connectivity index (χ0n) is 9.73. The molecule has 1 aromatic carbocycles. The first-order valence-corrected chi connectivity index (χ1v) is 5.10. The largest absolute Gasteiger partial charge is 0.452 e. The number of methoxy groups -OCH3 is 1. The standard InChI is InChI=1S/C12H16N2O2/c1-9(2)11-6-4-10(5-7-11)8-13-14-12(15)16-3/h4-9H,1-3H3,(H,14,15)/b13-8+. The summed E-state index contributed by atoms with van der Waals surface area (Å²) >= 11 is 0. The molecule has 0 aliphatic rings. The molecular formula is C12H16N2O2. The fraction of sp³-hybridized carbons (Fsp3) is 0.333. The van der Waals surface area contributed by atoms with E-state index in [4.69, 9.17) is 0 Å². The summed E-state index contributed by atoms with van der Waals surface area (Å²) in [5, 5.41) is 3.74. The predicted octanol–water partition coefficient (Wildman–Crippen LogP) is 2.50. The van der Waals surface area contributed by atoms with Gasteiger partial charge in [-0.2, -0.15) is 5.10 Å². The van der Waals surface area contributed by atoms with Crippen LogP contribution < -0.4 is 5.43 Å². The van der Waals surface area contributed by atoms with Gasteiger partial charge in [-0.25, -0.2) is 10.2 Å². The lowest BCUT2D eigenvalue weighted by Gasteiger charge is -2.04. The number of carbonyl (C=O) groups is 1. The second-order valence-electron chi connectivity index (χ2n) is 3.68. The van der Waals surface area contributed by atoms with Crippen molar-refractivity contribution in [3.8, 4) is 0 Å². The van der Waals surface area contributed by atoms with E-state index >= 15 is 0 Å². The molecule has 0 aliphatic carbocycles. The molecule has 0 fully saturated rings.